The summed E-state index contributed by atoms with van der Waals surface area (Å²) in [5.41, 5.74) is 2.38. The second kappa shape index (κ2) is 4.97. The highest BCUT2D eigenvalue weighted by Crippen LogP contribution is 2.16. The Labute approximate surface area is 97.1 Å². The molecule has 0 atom stereocenters. The van der Waals surface area contributed by atoms with Gasteiger partial charge in [-0.2, -0.15) is 0 Å². The highest BCUT2D eigenvalue weighted by molar-refractivity contribution is 6.09. The Balaban J connectivity index is 2.07. The number of hydrogen-bond donors (Lipinski definition) is 1. The van der Waals surface area contributed by atoms with Crippen LogP contribution >= 0.6 is 0 Å². The number of rotatable bonds is 3. The van der Waals surface area contributed by atoms with E-state index in [9.17, 15) is 0 Å². The maximum Gasteiger partial charge on any atom is 0.0839 e. The summed E-state index contributed by atoms with van der Waals surface area (Å²) in [4.78, 5) is 2.23. The second-order valence-electron chi connectivity index (χ2n) is 4.24. The van der Waals surface area contributed by atoms with Crippen molar-refractivity contribution in [2.75, 3.05) is 13.1 Å². The molecule has 0 aliphatic carbocycles. The van der Waals surface area contributed by atoms with Gasteiger partial charge in [0.25, 0.3) is 0 Å². The van der Waals surface area contributed by atoms with Crippen molar-refractivity contribution in [2.24, 2.45) is 0 Å². The molecule has 2 rings (SSSR count). The average molecular weight is 214 g/mol. The first kappa shape index (κ1) is 10.9. The van der Waals surface area contributed by atoms with Gasteiger partial charge in [-0.05, 0) is 19.3 Å². The highest BCUT2D eigenvalue weighted by Gasteiger charge is 2.15. The summed E-state index contributed by atoms with van der Waals surface area (Å²) in [6.07, 6.45) is 3.75. The van der Waals surface area contributed by atoms with Gasteiger partial charge in [-0.25, -0.2) is 0 Å². The van der Waals surface area contributed by atoms with Gasteiger partial charge in [0.2, 0.25) is 0 Å². The van der Waals surface area contributed by atoms with Crippen LogP contribution in [0.2, 0.25) is 0 Å². The molecule has 16 heavy (non-hydrogen) atoms. The zero-order chi connectivity index (χ0) is 11.4. The number of nitrogens with one attached hydrogen (secondary N) is 1. The van der Waals surface area contributed by atoms with E-state index >= 15 is 0 Å². The molecule has 2 nitrogen and oxygen atoms in total. The molecule has 0 radical (unpaired) electrons. The minimum absolute atomic E-state index is 0.558. The van der Waals surface area contributed by atoms with Crippen molar-refractivity contribution in [2.45, 2.75) is 19.3 Å². The Hall–Kier alpha value is -1.57. The summed E-state index contributed by atoms with van der Waals surface area (Å²) in [7, 11) is 0. The van der Waals surface area contributed by atoms with Crippen LogP contribution in [0.15, 0.2) is 42.6 Å². The normalized spacial score (nSPS) is 15.9. The second-order valence-corrected chi connectivity index (χ2v) is 4.24. The van der Waals surface area contributed by atoms with Crippen LogP contribution in [0, 0.1) is 5.41 Å². The van der Waals surface area contributed by atoms with Gasteiger partial charge in [0.1, 0.15) is 0 Å². The lowest BCUT2D eigenvalue weighted by Crippen LogP contribution is -2.32. The van der Waals surface area contributed by atoms with Gasteiger partial charge < -0.3 is 4.90 Å². The lowest BCUT2D eigenvalue weighted by atomic mass is 10.0. The fraction of sp³-hybridized carbons (Fsp3) is 0.357. The SMILES string of the molecule is C=C(C(=N)c1ccccc1)N1CCCCC1. The maximum atomic E-state index is 8.13. The van der Waals surface area contributed by atoms with Crippen LogP contribution in [0.1, 0.15) is 24.8 Å². The van der Waals surface area contributed by atoms with Crippen LogP contribution in [0.4, 0.5) is 0 Å². The molecule has 1 saturated heterocycles. The lowest BCUT2D eigenvalue weighted by Gasteiger charge is -2.30. The van der Waals surface area contributed by atoms with E-state index < -0.39 is 0 Å². The number of hydrogen-bond acceptors (Lipinski definition) is 2. The van der Waals surface area contributed by atoms with Gasteiger partial charge in [-0.1, -0.05) is 36.9 Å². The molecule has 1 aromatic carbocycles. The number of allylic oxidation sites excluding steroid dienone is 1. The molecular formula is C14H18N2. The zero-order valence-corrected chi connectivity index (χ0v) is 9.58. The monoisotopic (exact) mass is 214 g/mol. The van der Waals surface area contributed by atoms with Crippen molar-refractivity contribution >= 4 is 5.71 Å². The van der Waals surface area contributed by atoms with Gasteiger partial charge in [-0.15, -0.1) is 0 Å². The van der Waals surface area contributed by atoms with Gasteiger partial charge in [0.15, 0.2) is 0 Å². The third-order valence-electron chi connectivity index (χ3n) is 3.09. The Kier molecular flexibility index (Phi) is 3.40. The third kappa shape index (κ3) is 2.32. The van der Waals surface area contributed by atoms with Gasteiger partial charge in [0.05, 0.1) is 11.4 Å². The molecule has 0 saturated carbocycles. The predicted octanol–water partition coefficient (Wildman–Crippen LogP) is 3.05. The minimum Gasteiger partial charge on any atom is -0.370 e. The Morgan fingerprint density at radius 2 is 1.69 bits per heavy atom. The molecule has 84 valence electrons. The van der Waals surface area contributed by atoms with E-state index in [1.54, 1.807) is 0 Å². The number of piperidine rings is 1. The molecule has 2 heteroatoms. The number of likely N-dealkylation sites (tertiary alicyclic amines) is 1. The summed E-state index contributed by atoms with van der Waals surface area (Å²) in [6, 6.07) is 9.84. The van der Waals surface area contributed by atoms with E-state index in [1.807, 2.05) is 30.3 Å². The molecule has 0 bridgehead atoms. The standard InChI is InChI=1S/C14H18N2/c1-12(16-10-6-3-7-11-16)14(15)13-8-4-2-5-9-13/h2,4-5,8-9,15H,1,3,6-7,10-11H2. The minimum atomic E-state index is 0.558. The van der Waals surface area contributed by atoms with Crippen LogP contribution in [0.25, 0.3) is 0 Å². The Morgan fingerprint density at radius 3 is 2.31 bits per heavy atom. The van der Waals surface area contributed by atoms with Gasteiger partial charge in [0, 0.05) is 18.7 Å². The smallest absolute Gasteiger partial charge is 0.0839 e. The summed E-state index contributed by atoms with van der Waals surface area (Å²) in [5.74, 6) is 0. The Morgan fingerprint density at radius 1 is 1.06 bits per heavy atom. The average Bonchev–Trinajstić information content (AvgIpc) is 2.39. The molecule has 0 spiro atoms. The van der Waals surface area contributed by atoms with Crippen molar-refractivity contribution in [3.63, 3.8) is 0 Å². The molecule has 1 heterocycles. The molecule has 1 aliphatic heterocycles. The van der Waals surface area contributed by atoms with Crippen molar-refractivity contribution in [3.8, 4) is 0 Å². The van der Waals surface area contributed by atoms with Gasteiger partial charge in [-0.3, -0.25) is 5.41 Å². The van der Waals surface area contributed by atoms with E-state index in [2.05, 4.69) is 11.5 Å². The molecule has 1 aromatic rings. The third-order valence-corrected chi connectivity index (χ3v) is 3.09. The van der Waals surface area contributed by atoms with Crippen LogP contribution in [-0.4, -0.2) is 23.7 Å². The first-order valence-electron chi connectivity index (χ1n) is 5.87. The van der Waals surface area contributed by atoms with Crippen LogP contribution in [-0.2, 0) is 0 Å². The number of benzene rings is 1. The van der Waals surface area contributed by atoms with Crippen molar-refractivity contribution in [1.82, 2.24) is 4.90 Å². The molecule has 1 fully saturated rings. The van der Waals surface area contributed by atoms with E-state index in [-0.39, 0.29) is 0 Å². The maximum absolute atomic E-state index is 8.13. The van der Waals surface area contributed by atoms with Crippen molar-refractivity contribution in [1.29, 1.82) is 5.41 Å². The molecule has 1 aliphatic rings. The topological polar surface area (TPSA) is 27.1 Å². The molecular weight excluding hydrogens is 196 g/mol. The Bertz CT molecular complexity index is 375. The van der Waals surface area contributed by atoms with Crippen LogP contribution in [0.5, 0.6) is 0 Å². The zero-order valence-electron chi connectivity index (χ0n) is 9.58. The first-order chi connectivity index (χ1) is 7.79. The first-order valence-corrected chi connectivity index (χ1v) is 5.87. The highest BCUT2D eigenvalue weighted by atomic mass is 15.1. The number of nitrogens with zero attached hydrogens (tertiary/aromatic N) is 1. The lowest BCUT2D eigenvalue weighted by molar-refractivity contribution is 0.298. The summed E-state index contributed by atoms with van der Waals surface area (Å²) >= 11 is 0. The fourth-order valence-electron chi connectivity index (χ4n) is 2.09. The molecule has 0 aromatic heterocycles. The quantitative estimate of drug-likeness (QED) is 0.769. The van der Waals surface area contributed by atoms with E-state index in [1.165, 1.54) is 19.3 Å². The van der Waals surface area contributed by atoms with Crippen LogP contribution in [0.3, 0.4) is 0 Å². The van der Waals surface area contributed by atoms with E-state index in [4.69, 9.17) is 5.41 Å². The summed E-state index contributed by atoms with van der Waals surface area (Å²) in [6.45, 7) is 6.16. The molecule has 0 unspecified atom stereocenters. The van der Waals surface area contributed by atoms with Crippen LogP contribution < -0.4 is 0 Å². The van der Waals surface area contributed by atoms with Gasteiger partial charge >= 0.3 is 0 Å². The van der Waals surface area contributed by atoms with Crippen molar-refractivity contribution in [3.05, 3.63) is 48.2 Å². The largest absolute Gasteiger partial charge is 0.370 e. The summed E-state index contributed by atoms with van der Waals surface area (Å²) in [5, 5.41) is 8.13. The fourth-order valence-corrected chi connectivity index (χ4v) is 2.09. The summed E-state index contributed by atoms with van der Waals surface area (Å²) < 4.78 is 0. The molecule has 0 amide bonds. The molecule has 1 N–H and O–H groups in total. The van der Waals surface area contributed by atoms with Crippen molar-refractivity contribution < 1.29 is 0 Å². The van der Waals surface area contributed by atoms with E-state index in [0.717, 1.165) is 24.4 Å². The predicted molar refractivity (Wildman–Crippen MR) is 67.8 cm³/mol. The van der Waals surface area contributed by atoms with E-state index in [0.29, 0.717) is 5.71 Å².